The zero-order valence-corrected chi connectivity index (χ0v) is 31.6. The fraction of sp³-hybridized carbons (Fsp3) is 0.842. The molecule has 0 heterocycles. The van der Waals surface area contributed by atoms with Crippen LogP contribution in [0.5, 0.6) is 0 Å². The number of phosphoric ester groups is 1. The number of hydrogen-bond donors (Lipinski definition) is 2. The molecular weight excluding hydrogens is 629 g/mol. The fourth-order valence-electron chi connectivity index (χ4n) is 5.19. The molecule has 0 radical (unpaired) electrons. The van der Waals surface area contributed by atoms with E-state index in [-0.39, 0.29) is 38.6 Å². The number of esters is 2. The van der Waals surface area contributed by atoms with Crippen LogP contribution in [0.15, 0.2) is 24.3 Å². The highest BCUT2D eigenvalue weighted by Gasteiger charge is 2.25. The van der Waals surface area contributed by atoms with Crippen molar-refractivity contribution in [1.29, 1.82) is 0 Å². The van der Waals surface area contributed by atoms with Gasteiger partial charge in [0.05, 0.1) is 13.2 Å². The Morgan fingerprint density at radius 1 is 0.625 bits per heavy atom. The van der Waals surface area contributed by atoms with Crippen molar-refractivity contribution in [3.05, 3.63) is 24.3 Å². The summed E-state index contributed by atoms with van der Waals surface area (Å²) in [5, 5.41) is 0. The minimum atomic E-state index is -4.37. The molecule has 0 saturated carbocycles. The van der Waals surface area contributed by atoms with Crippen molar-refractivity contribution in [3.63, 3.8) is 0 Å². The van der Waals surface area contributed by atoms with Gasteiger partial charge in [-0.05, 0) is 44.9 Å². The first-order valence-corrected chi connectivity index (χ1v) is 20.8. The summed E-state index contributed by atoms with van der Waals surface area (Å²) in [7, 11) is -4.37. The van der Waals surface area contributed by atoms with E-state index >= 15 is 0 Å². The molecule has 48 heavy (non-hydrogen) atoms. The standard InChI is InChI=1S/C38H72NO8P/c1-3-5-7-9-11-13-15-17-18-19-21-23-25-27-29-31-38(41)47-36(35-46-48(42,43)45-33-32-39)34-44-37(40)30-28-26-24-22-20-16-14-12-10-8-6-4-2/h11,13,17-18,36H,3-10,12,14-16,19-35,39H2,1-2H3,(H,42,43)/b13-11-,18-17-/t36-/m1/s1. The van der Waals surface area contributed by atoms with Crippen LogP contribution in [0.25, 0.3) is 0 Å². The van der Waals surface area contributed by atoms with Gasteiger partial charge in [0, 0.05) is 19.4 Å². The van der Waals surface area contributed by atoms with Gasteiger partial charge in [-0.25, -0.2) is 4.57 Å². The molecule has 282 valence electrons. The monoisotopic (exact) mass is 701 g/mol. The molecule has 9 nitrogen and oxygen atoms in total. The molecule has 2 atom stereocenters. The summed E-state index contributed by atoms with van der Waals surface area (Å²) < 4.78 is 32.6. The van der Waals surface area contributed by atoms with Gasteiger partial charge < -0.3 is 20.1 Å². The minimum absolute atomic E-state index is 0.0522. The van der Waals surface area contributed by atoms with E-state index in [4.69, 9.17) is 24.3 Å². The summed E-state index contributed by atoms with van der Waals surface area (Å²) in [6, 6.07) is 0. The second-order valence-corrected chi connectivity index (χ2v) is 14.3. The molecule has 0 aliphatic heterocycles. The van der Waals surface area contributed by atoms with Gasteiger partial charge in [-0.2, -0.15) is 0 Å². The number of ether oxygens (including phenoxy) is 2. The molecule has 0 fully saturated rings. The van der Waals surface area contributed by atoms with E-state index in [1.165, 1.54) is 83.5 Å². The van der Waals surface area contributed by atoms with E-state index in [2.05, 4.69) is 38.2 Å². The molecule has 0 saturated heterocycles. The molecular formula is C38H72NO8P. The van der Waals surface area contributed by atoms with Crippen molar-refractivity contribution in [2.75, 3.05) is 26.4 Å². The maximum absolute atomic E-state index is 12.5. The third-order valence-electron chi connectivity index (χ3n) is 8.09. The predicted octanol–water partition coefficient (Wildman–Crippen LogP) is 10.4. The number of carbonyl (C=O) groups excluding carboxylic acids is 2. The molecule has 0 aromatic carbocycles. The molecule has 0 amide bonds. The van der Waals surface area contributed by atoms with Crippen molar-refractivity contribution >= 4 is 19.8 Å². The van der Waals surface area contributed by atoms with Crippen LogP contribution in [0.4, 0.5) is 0 Å². The van der Waals surface area contributed by atoms with Crippen LogP contribution < -0.4 is 5.73 Å². The molecule has 3 N–H and O–H groups in total. The first kappa shape index (κ1) is 46.5. The van der Waals surface area contributed by atoms with Gasteiger partial charge in [0.2, 0.25) is 0 Å². The SMILES string of the molecule is CCCCC/C=C\C/C=C\CCCCCCCC(=O)O[C@H](COC(=O)CCCCCCCCCCCCCC)COP(=O)(O)OCCN. The van der Waals surface area contributed by atoms with Gasteiger partial charge in [0.25, 0.3) is 0 Å². The zero-order chi connectivity index (χ0) is 35.4. The summed E-state index contributed by atoms with van der Waals surface area (Å²) >= 11 is 0. The molecule has 1 unspecified atom stereocenters. The quantitative estimate of drug-likeness (QED) is 0.0283. The number of nitrogens with two attached hydrogens (primary N) is 1. The number of unbranched alkanes of at least 4 members (excludes halogenated alkanes) is 19. The van der Waals surface area contributed by atoms with Crippen molar-refractivity contribution in [2.24, 2.45) is 5.73 Å². The van der Waals surface area contributed by atoms with E-state index in [9.17, 15) is 19.0 Å². The molecule has 0 aromatic heterocycles. The van der Waals surface area contributed by atoms with E-state index in [1.54, 1.807) is 0 Å². The average Bonchev–Trinajstić information content (AvgIpc) is 3.07. The van der Waals surface area contributed by atoms with E-state index in [0.29, 0.717) is 6.42 Å². The Kier molecular flexibility index (Phi) is 34.2. The molecule has 0 aliphatic carbocycles. The Labute approximate surface area is 293 Å². The second-order valence-electron chi connectivity index (χ2n) is 12.8. The maximum Gasteiger partial charge on any atom is 0.472 e. The first-order chi connectivity index (χ1) is 23.3. The van der Waals surface area contributed by atoms with Gasteiger partial charge in [-0.3, -0.25) is 18.6 Å². The van der Waals surface area contributed by atoms with E-state index < -0.39 is 26.5 Å². The molecule has 0 aromatic rings. The third-order valence-corrected chi connectivity index (χ3v) is 9.07. The Morgan fingerprint density at radius 3 is 1.62 bits per heavy atom. The number of hydrogen-bond acceptors (Lipinski definition) is 8. The molecule has 0 spiro atoms. The third kappa shape index (κ3) is 34.4. The molecule has 0 rings (SSSR count). The number of rotatable bonds is 36. The largest absolute Gasteiger partial charge is 0.472 e. The van der Waals surface area contributed by atoms with Crippen molar-refractivity contribution in [1.82, 2.24) is 0 Å². The Morgan fingerprint density at radius 2 is 1.08 bits per heavy atom. The lowest BCUT2D eigenvalue weighted by Gasteiger charge is -2.19. The first-order valence-electron chi connectivity index (χ1n) is 19.3. The van der Waals surface area contributed by atoms with Gasteiger partial charge in [-0.1, -0.05) is 141 Å². The van der Waals surface area contributed by atoms with Crippen molar-refractivity contribution in [2.45, 2.75) is 180 Å². The van der Waals surface area contributed by atoms with Crippen LogP contribution in [0.2, 0.25) is 0 Å². The zero-order valence-electron chi connectivity index (χ0n) is 30.7. The lowest BCUT2D eigenvalue weighted by molar-refractivity contribution is -0.161. The number of allylic oxidation sites excluding steroid dienone is 4. The summed E-state index contributed by atoms with van der Waals surface area (Å²) in [5.74, 6) is -0.842. The van der Waals surface area contributed by atoms with E-state index in [0.717, 1.165) is 57.8 Å². The summed E-state index contributed by atoms with van der Waals surface area (Å²) in [5.41, 5.74) is 5.33. The van der Waals surface area contributed by atoms with E-state index in [1.807, 2.05) is 0 Å². The van der Waals surface area contributed by atoms with Crippen LogP contribution >= 0.6 is 7.82 Å². The lowest BCUT2D eigenvalue weighted by atomic mass is 10.0. The van der Waals surface area contributed by atoms with Crippen LogP contribution in [0.1, 0.15) is 174 Å². The smallest absolute Gasteiger partial charge is 0.462 e. The van der Waals surface area contributed by atoms with Crippen LogP contribution in [-0.4, -0.2) is 49.3 Å². The fourth-order valence-corrected chi connectivity index (χ4v) is 5.96. The van der Waals surface area contributed by atoms with Crippen LogP contribution in [-0.2, 0) is 32.7 Å². The van der Waals surface area contributed by atoms with Crippen LogP contribution in [0, 0.1) is 0 Å². The number of phosphoric acid groups is 1. The summed E-state index contributed by atoms with van der Waals surface area (Å²) in [4.78, 5) is 34.7. The highest BCUT2D eigenvalue weighted by atomic mass is 31.2. The second kappa shape index (κ2) is 35.3. The lowest BCUT2D eigenvalue weighted by Crippen LogP contribution is -2.29. The molecule has 10 heteroatoms. The average molecular weight is 702 g/mol. The minimum Gasteiger partial charge on any atom is -0.462 e. The summed E-state index contributed by atoms with van der Waals surface area (Å²) in [6.07, 6.45) is 34.9. The number of carbonyl (C=O) groups is 2. The normalized spacial score (nSPS) is 13.7. The Bertz CT molecular complexity index is 851. The maximum atomic E-state index is 12.5. The highest BCUT2D eigenvalue weighted by molar-refractivity contribution is 7.47. The van der Waals surface area contributed by atoms with Gasteiger partial charge in [0.1, 0.15) is 6.61 Å². The topological polar surface area (TPSA) is 134 Å². The van der Waals surface area contributed by atoms with Crippen molar-refractivity contribution < 1.29 is 37.6 Å². The molecule has 0 aliphatic rings. The van der Waals surface area contributed by atoms with Gasteiger partial charge in [-0.15, -0.1) is 0 Å². The van der Waals surface area contributed by atoms with Gasteiger partial charge >= 0.3 is 19.8 Å². The summed E-state index contributed by atoms with van der Waals surface area (Å²) in [6.45, 7) is 3.68. The van der Waals surface area contributed by atoms with Crippen LogP contribution in [0.3, 0.4) is 0 Å². The predicted molar refractivity (Wildman–Crippen MR) is 197 cm³/mol. The van der Waals surface area contributed by atoms with Gasteiger partial charge in [0.15, 0.2) is 6.10 Å². The highest BCUT2D eigenvalue weighted by Crippen LogP contribution is 2.43. The molecule has 0 bridgehead atoms. The Balaban J connectivity index is 4.24. The van der Waals surface area contributed by atoms with Crippen molar-refractivity contribution in [3.8, 4) is 0 Å². The Hall–Kier alpha value is -1.51.